The van der Waals surface area contributed by atoms with E-state index in [9.17, 15) is 18.0 Å². The summed E-state index contributed by atoms with van der Waals surface area (Å²) >= 11 is 0. The molecule has 0 aliphatic heterocycles. The molecule has 4 nitrogen and oxygen atoms in total. The normalized spacial score (nSPS) is 11.4. The Kier molecular flexibility index (Phi) is 4.52. The van der Waals surface area contributed by atoms with E-state index in [0.717, 1.165) is 6.07 Å². The molecule has 1 aromatic heterocycles. The molecule has 100 valence electrons. The molecule has 0 spiro atoms. The molecule has 0 saturated carbocycles. The highest BCUT2D eigenvalue weighted by atomic mass is 19.4. The van der Waals surface area contributed by atoms with E-state index in [1.54, 1.807) is 13.8 Å². The van der Waals surface area contributed by atoms with Crippen LogP contribution >= 0.6 is 0 Å². The van der Waals surface area contributed by atoms with Crippen LogP contribution in [0.1, 0.15) is 19.4 Å². The Bertz CT molecular complexity index is 418. The van der Waals surface area contributed by atoms with Crippen LogP contribution in [0.25, 0.3) is 0 Å². The Morgan fingerprint density at radius 3 is 2.67 bits per heavy atom. The predicted octanol–water partition coefficient (Wildman–Crippen LogP) is 2.04. The number of rotatable bonds is 4. The molecule has 1 aromatic rings. The summed E-state index contributed by atoms with van der Waals surface area (Å²) in [6, 6.07) is 2.04. The summed E-state index contributed by atoms with van der Waals surface area (Å²) in [6.07, 6.45) is -3.26. The molecule has 2 N–H and O–H groups in total. The van der Waals surface area contributed by atoms with Crippen LogP contribution in [-0.2, 0) is 11.0 Å². The summed E-state index contributed by atoms with van der Waals surface area (Å²) in [7, 11) is 0. The minimum absolute atomic E-state index is 0.0647. The summed E-state index contributed by atoms with van der Waals surface area (Å²) in [4.78, 5) is 14.9. The number of pyridine rings is 1. The molecule has 1 amide bonds. The first kappa shape index (κ1) is 14.3. The van der Waals surface area contributed by atoms with E-state index < -0.39 is 11.7 Å². The number of anilines is 1. The smallest absolute Gasteiger partial charge is 0.361 e. The zero-order valence-corrected chi connectivity index (χ0v) is 10.0. The third-order valence-electron chi connectivity index (χ3n) is 1.98. The Morgan fingerprint density at radius 2 is 2.11 bits per heavy atom. The molecule has 0 aromatic carbocycles. The molecule has 0 saturated heterocycles. The first-order valence-corrected chi connectivity index (χ1v) is 5.36. The SMILES string of the molecule is CC(C)NC(=O)CNc1ncccc1C(F)(F)F. The van der Waals surface area contributed by atoms with Gasteiger partial charge >= 0.3 is 6.18 Å². The van der Waals surface area contributed by atoms with Gasteiger partial charge in [0.25, 0.3) is 0 Å². The highest BCUT2D eigenvalue weighted by molar-refractivity contribution is 5.80. The average molecular weight is 261 g/mol. The van der Waals surface area contributed by atoms with Gasteiger partial charge in [-0.05, 0) is 26.0 Å². The molecule has 18 heavy (non-hydrogen) atoms. The molecule has 0 radical (unpaired) electrons. The monoisotopic (exact) mass is 261 g/mol. The fourth-order valence-electron chi connectivity index (χ4n) is 1.31. The molecule has 1 rings (SSSR count). The fraction of sp³-hybridized carbons (Fsp3) is 0.455. The molecular weight excluding hydrogens is 247 g/mol. The van der Waals surface area contributed by atoms with Crippen molar-refractivity contribution in [1.29, 1.82) is 0 Å². The van der Waals surface area contributed by atoms with Crippen molar-refractivity contribution in [2.45, 2.75) is 26.1 Å². The first-order chi connectivity index (χ1) is 8.30. The zero-order valence-electron chi connectivity index (χ0n) is 10.0. The minimum Gasteiger partial charge on any atom is -0.361 e. The van der Waals surface area contributed by atoms with Gasteiger partial charge in [-0.3, -0.25) is 4.79 Å². The summed E-state index contributed by atoms with van der Waals surface area (Å²) in [6.45, 7) is 3.28. The maximum absolute atomic E-state index is 12.6. The number of hydrogen-bond acceptors (Lipinski definition) is 3. The van der Waals surface area contributed by atoms with Gasteiger partial charge in [0.05, 0.1) is 12.1 Å². The van der Waals surface area contributed by atoms with Gasteiger partial charge in [0, 0.05) is 12.2 Å². The maximum atomic E-state index is 12.6. The van der Waals surface area contributed by atoms with E-state index in [1.165, 1.54) is 12.3 Å². The molecule has 1 heterocycles. The van der Waals surface area contributed by atoms with Crippen molar-refractivity contribution in [3.8, 4) is 0 Å². The van der Waals surface area contributed by atoms with E-state index >= 15 is 0 Å². The Morgan fingerprint density at radius 1 is 1.44 bits per heavy atom. The van der Waals surface area contributed by atoms with Crippen molar-refractivity contribution in [1.82, 2.24) is 10.3 Å². The van der Waals surface area contributed by atoms with Crippen molar-refractivity contribution < 1.29 is 18.0 Å². The van der Waals surface area contributed by atoms with E-state index in [1.807, 2.05) is 0 Å². The van der Waals surface area contributed by atoms with E-state index in [2.05, 4.69) is 15.6 Å². The lowest BCUT2D eigenvalue weighted by molar-refractivity contribution is -0.137. The van der Waals surface area contributed by atoms with E-state index in [-0.39, 0.29) is 24.3 Å². The number of carbonyl (C=O) groups is 1. The van der Waals surface area contributed by atoms with Crippen molar-refractivity contribution in [3.05, 3.63) is 23.9 Å². The second-order valence-corrected chi connectivity index (χ2v) is 3.97. The summed E-state index contributed by atoms with van der Waals surface area (Å²) in [5.41, 5.74) is -0.887. The summed E-state index contributed by atoms with van der Waals surface area (Å²) in [5, 5.41) is 4.94. The fourth-order valence-corrected chi connectivity index (χ4v) is 1.31. The number of nitrogens with zero attached hydrogens (tertiary/aromatic N) is 1. The van der Waals surface area contributed by atoms with E-state index in [0.29, 0.717) is 0 Å². The molecule has 0 aliphatic carbocycles. The van der Waals surface area contributed by atoms with Crippen LogP contribution in [0.4, 0.5) is 19.0 Å². The van der Waals surface area contributed by atoms with Gasteiger partial charge in [0.15, 0.2) is 0 Å². The van der Waals surface area contributed by atoms with Crippen LogP contribution in [0.5, 0.6) is 0 Å². The van der Waals surface area contributed by atoms with Crippen molar-refractivity contribution in [2.75, 3.05) is 11.9 Å². The third kappa shape index (κ3) is 4.23. The quantitative estimate of drug-likeness (QED) is 0.872. The topological polar surface area (TPSA) is 54.0 Å². The third-order valence-corrected chi connectivity index (χ3v) is 1.98. The lowest BCUT2D eigenvalue weighted by Crippen LogP contribution is -2.35. The number of halogens is 3. The summed E-state index contributed by atoms with van der Waals surface area (Å²) in [5.74, 6) is -0.729. The number of alkyl halides is 3. The van der Waals surface area contributed by atoms with Crippen molar-refractivity contribution >= 4 is 11.7 Å². The first-order valence-electron chi connectivity index (χ1n) is 5.36. The molecule has 7 heteroatoms. The number of carbonyl (C=O) groups excluding carboxylic acids is 1. The minimum atomic E-state index is -4.49. The van der Waals surface area contributed by atoms with Gasteiger partial charge in [-0.25, -0.2) is 4.98 Å². The second kappa shape index (κ2) is 5.70. The van der Waals surface area contributed by atoms with Crippen LogP contribution < -0.4 is 10.6 Å². The standard InChI is InChI=1S/C11H14F3N3O/c1-7(2)17-9(18)6-16-10-8(11(12,13)14)4-3-5-15-10/h3-5,7H,6H2,1-2H3,(H,15,16)(H,17,18). The molecule has 0 unspecified atom stereocenters. The molecule has 0 bridgehead atoms. The predicted molar refractivity (Wildman–Crippen MR) is 61.0 cm³/mol. The Balaban J connectivity index is 2.71. The number of amides is 1. The highest BCUT2D eigenvalue weighted by Gasteiger charge is 2.34. The lowest BCUT2D eigenvalue weighted by Gasteiger charge is -2.13. The van der Waals surface area contributed by atoms with Crippen LogP contribution in [0, 0.1) is 0 Å². The number of hydrogen-bond donors (Lipinski definition) is 2. The second-order valence-electron chi connectivity index (χ2n) is 3.97. The zero-order chi connectivity index (χ0) is 13.8. The van der Waals surface area contributed by atoms with Gasteiger partial charge in [-0.1, -0.05) is 0 Å². The van der Waals surface area contributed by atoms with Crippen LogP contribution in [-0.4, -0.2) is 23.5 Å². The highest BCUT2D eigenvalue weighted by Crippen LogP contribution is 2.33. The number of nitrogens with one attached hydrogen (secondary N) is 2. The van der Waals surface area contributed by atoms with Gasteiger partial charge in [-0.2, -0.15) is 13.2 Å². The van der Waals surface area contributed by atoms with Crippen LogP contribution in [0.15, 0.2) is 18.3 Å². The number of aromatic nitrogens is 1. The van der Waals surface area contributed by atoms with E-state index in [4.69, 9.17) is 0 Å². The maximum Gasteiger partial charge on any atom is 0.419 e. The Hall–Kier alpha value is -1.79. The van der Waals surface area contributed by atoms with Crippen molar-refractivity contribution in [3.63, 3.8) is 0 Å². The Labute approximate surface area is 103 Å². The van der Waals surface area contributed by atoms with Crippen molar-refractivity contribution in [2.24, 2.45) is 0 Å². The molecule has 0 aliphatic rings. The average Bonchev–Trinajstić information content (AvgIpc) is 2.24. The molecule has 0 atom stereocenters. The van der Waals surface area contributed by atoms with Crippen LogP contribution in [0.3, 0.4) is 0 Å². The lowest BCUT2D eigenvalue weighted by atomic mass is 10.2. The van der Waals surface area contributed by atoms with Gasteiger partial charge in [0.1, 0.15) is 5.82 Å². The molecule has 0 fully saturated rings. The summed E-state index contributed by atoms with van der Waals surface area (Å²) < 4.78 is 37.8. The van der Waals surface area contributed by atoms with Gasteiger partial charge in [0.2, 0.25) is 5.91 Å². The largest absolute Gasteiger partial charge is 0.419 e. The molecular formula is C11H14F3N3O. The van der Waals surface area contributed by atoms with Crippen LogP contribution in [0.2, 0.25) is 0 Å². The van der Waals surface area contributed by atoms with Gasteiger partial charge < -0.3 is 10.6 Å². The van der Waals surface area contributed by atoms with Gasteiger partial charge in [-0.15, -0.1) is 0 Å².